The highest BCUT2D eigenvalue weighted by Crippen LogP contribution is 2.06. The average molecular weight is 193 g/mol. The van der Waals surface area contributed by atoms with Crippen molar-refractivity contribution in [3.63, 3.8) is 0 Å². The van der Waals surface area contributed by atoms with Crippen LogP contribution in [0.1, 0.15) is 18.1 Å². The van der Waals surface area contributed by atoms with Crippen LogP contribution in [-0.4, -0.2) is 19.8 Å². The van der Waals surface area contributed by atoms with Gasteiger partial charge in [0.15, 0.2) is 0 Å². The Morgan fingerprint density at radius 1 is 1.21 bits per heavy atom. The molecule has 1 rings (SSSR count). The fourth-order valence-corrected chi connectivity index (χ4v) is 1.44. The number of hydrogen-bond donors (Lipinski definition) is 1. The van der Waals surface area contributed by atoms with Crippen LogP contribution in [0.25, 0.3) is 0 Å². The monoisotopic (exact) mass is 193 g/mol. The zero-order chi connectivity index (χ0) is 10.2. The van der Waals surface area contributed by atoms with E-state index in [2.05, 4.69) is 24.3 Å². The maximum absolute atomic E-state index is 5.51. The fraction of sp³-hybridized carbons (Fsp3) is 0.500. The SMILES string of the molecule is CCOCCc1cccc(CCN)c1. The fourth-order valence-electron chi connectivity index (χ4n) is 1.44. The summed E-state index contributed by atoms with van der Waals surface area (Å²) in [6.45, 7) is 4.34. The van der Waals surface area contributed by atoms with Gasteiger partial charge < -0.3 is 10.5 Å². The molecule has 0 fully saturated rings. The standard InChI is InChI=1S/C12H19NO/c1-2-14-9-7-12-5-3-4-11(10-12)6-8-13/h3-5,10H,2,6-9,13H2,1H3. The molecule has 0 radical (unpaired) electrons. The van der Waals surface area contributed by atoms with Crippen molar-refractivity contribution in [3.05, 3.63) is 35.4 Å². The minimum absolute atomic E-state index is 0.717. The van der Waals surface area contributed by atoms with Gasteiger partial charge in [0, 0.05) is 6.61 Å². The van der Waals surface area contributed by atoms with E-state index in [1.165, 1.54) is 11.1 Å². The first-order valence-corrected chi connectivity index (χ1v) is 5.22. The summed E-state index contributed by atoms with van der Waals surface area (Å²) in [6.07, 6.45) is 1.95. The van der Waals surface area contributed by atoms with Gasteiger partial charge in [0.05, 0.1) is 6.61 Å². The van der Waals surface area contributed by atoms with Crippen molar-refractivity contribution in [1.82, 2.24) is 0 Å². The van der Waals surface area contributed by atoms with Gasteiger partial charge in [0.1, 0.15) is 0 Å². The Balaban J connectivity index is 2.46. The van der Waals surface area contributed by atoms with Gasteiger partial charge in [-0.25, -0.2) is 0 Å². The molecule has 78 valence electrons. The van der Waals surface area contributed by atoms with Gasteiger partial charge in [-0.1, -0.05) is 24.3 Å². The molecule has 0 atom stereocenters. The van der Waals surface area contributed by atoms with Gasteiger partial charge in [-0.2, -0.15) is 0 Å². The highest BCUT2D eigenvalue weighted by atomic mass is 16.5. The second kappa shape index (κ2) is 6.57. The van der Waals surface area contributed by atoms with Crippen LogP contribution in [0.4, 0.5) is 0 Å². The lowest BCUT2D eigenvalue weighted by molar-refractivity contribution is 0.151. The van der Waals surface area contributed by atoms with Crippen LogP contribution in [0, 0.1) is 0 Å². The first-order valence-electron chi connectivity index (χ1n) is 5.22. The maximum Gasteiger partial charge on any atom is 0.0506 e. The third-order valence-corrected chi connectivity index (χ3v) is 2.16. The van der Waals surface area contributed by atoms with Gasteiger partial charge in [-0.15, -0.1) is 0 Å². The lowest BCUT2D eigenvalue weighted by atomic mass is 10.1. The number of nitrogens with two attached hydrogens (primary N) is 1. The van der Waals surface area contributed by atoms with Crippen LogP contribution in [0.3, 0.4) is 0 Å². The summed E-state index contributed by atoms with van der Waals surface area (Å²) in [5.74, 6) is 0. The van der Waals surface area contributed by atoms with Crippen molar-refractivity contribution < 1.29 is 4.74 Å². The molecule has 1 aromatic rings. The van der Waals surface area contributed by atoms with Crippen molar-refractivity contribution >= 4 is 0 Å². The Labute approximate surface area is 86.1 Å². The molecule has 0 spiro atoms. The Morgan fingerprint density at radius 2 is 1.93 bits per heavy atom. The summed E-state index contributed by atoms with van der Waals surface area (Å²) in [5.41, 5.74) is 8.17. The van der Waals surface area contributed by atoms with E-state index in [4.69, 9.17) is 10.5 Å². The lowest BCUT2D eigenvalue weighted by Crippen LogP contribution is -2.03. The highest BCUT2D eigenvalue weighted by molar-refractivity contribution is 5.23. The Kier molecular flexibility index (Phi) is 5.27. The second-order valence-electron chi connectivity index (χ2n) is 3.31. The summed E-state index contributed by atoms with van der Waals surface area (Å²) in [6, 6.07) is 8.56. The van der Waals surface area contributed by atoms with E-state index in [0.717, 1.165) is 32.6 Å². The molecular formula is C12H19NO. The molecule has 0 heterocycles. The largest absolute Gasteiger partial charge is 0.381 e. The van der Waals surface area contributed by atoms with Crippen LogP contribution in [0.5, 0.6) is 0 Å². The molecule has 2 heteroatoms. The highest BCUT2D eigenvalue weighted by Gasteiger charge is 1.95. The van der Waals surface area contributed by atoms with E-state index >= 15 is 0 Å². The van der Waals surface area contributed by atoms with Crippen LogP contribution in [-0.2, 0) is 17.6 Å². The second-order valence-corrected chi connectivity index (χ2v) is 3.31. The Morgan fingerprint density at radius 3 is 2.57 bits per heavy atom. The molecule has 0 aliphatic carbocycles. The smallest absolute Gasteiger partial charge is 0.0506 e. The molecule has 0 bridgehead atoms. The van der Waals surface area contributed by atoms with Gasteiger partial charge in [0.25, 0.3) is 0 Å². The Bertz CT molecular complexity index is 260. The minimum Gasteiger partial charge on any atom is -0.381 e. The van der Waals surface area contributed by atoms with Crippen molar-refractivity contribution in [1.29, 1.82) is 0 Å². The number of benzene rings is 1. The van der Waals surface area contributed by atoms with Crippen LogP contribution in [0.15, 0.2) is 24.3 Å². The van der Waals surface area contributed by atoms with Crippen molar-refractivity contribution in [2.45, 2.75) is 19.8 Å². The molecule has 0 aliphatic heterocycles. The van der Waals surface area contributed by atoms with Crippen LogP contribution >= 0.6 is 0 Å². The average Bonchev–Trinajstić information content (AvgIpc) is 2.19. The number of rotatable bonds is 6. The van der Waals surface area contributed by atoms with Crippen LogP contribution in [0.2, 0.25) is 0 Å². The summed E-state index contributed by atoms with van der Waals surface area (Å²) >= 11 is 0. The zero-order valence-electron chi connectivity index (χ0n) is 8.83. The quantitative estimate of drug-likeness (QED) is 0.699. The molecule has 14 heavy (non-hydrogen) atoms. The van der Waals surface area contributed by atoms with E-state index in [1.807, 2.05) is 6.92 Å². The van der Waals surface area contributed by atoms with E-state index in [-0.39, 0.29) is 0 Å². The summed E-state index contributed by atoms with van der Waals surface area (Å²) in [7, 11) is 0. The molecule has 0 saturated carbocycles. The predicted molar refractivity (Wildman–Crippen MR) is 59.4 cm³/mol. The van der Waals surface area contributed by atoms with Gasteiger partial charge in [-0.05, 0) is 37.4 Å². The van der Waals surface area contributed by atoms with Crippen LogP contribution < -0.4 is 5.73 Å². The summed E-state index contributed by atoms with van der Waals surface area (Å²) < 4.78 is 5.31. The molecule has 0 saturated heterocycles. The molecule has 2 nitrogen and oxygen atoms in total. The molecule has 0 unspecified atom stereocenters. The predicted octanol–water partition coefficient (Wildman–Crippen LogP) is 1.77. The molecule has 1 aromatic carbocycles. The topological polar surface area (TPSA) is 35.2 Å². The van der Waals surface area contributed by atoms with E-state index in [9.17, 15) is 0 Å². The third kappa shape index (κ3) is 3.90. The van der Waals surface area contributed by atoms with E-state index < -0.39 is 0 Å². The first kappa shape index (κ1) is 11.2. The van der Waals surface area contributed by atoms with Gasteiger partial charge >= 0.3 is 0 Å². The van der Waals surface area contributed by atoms with E-state index in [0.29, 0.717) is 0 Å². The first-order chi connectivity index (χ1) is 6.86. The van der Waals surface area contributed by atoms with Crippen molar-refractivity contribution in [2.75, 3.05) is 19.8 Å². The van der Waals surface area contributed by atoms with Crippen molar-refractivity contribution in [3.8, 4) is 0 Å². The van der Waals surface area contributed by atoms with Gasteiger partial charge in [-0.3, -0.25) is 0 Å². The van der Waals surface area contributed by atoms with Gasteiger partial charge in [0.2, 0.25) is 0 Å². The summed E-state index contributed by atoms with van der Waals surface area (Å²) in [4.78, 5) is 0. The maximum atomic E-state index is 5.51. The molecule has 0 aromatic heterocycles. The molecule has 0 aliphatic rings. The number of hydrogen-bond acceptors (Lipinski definition) is 2. The molecular weight excluding hydrogens is 174 g/mol. The lowest BCUT2D eigenvalue weighted by Gasteiger charge is -2.04. The normalized spacial score (nSPS) is 10.4. The zero-order valence-corrected chi connectivity index (χ0v) is 8.83. The minimum atomic E-state index is 0.717. The van der Waals surface area contributed by atoms with Crippen molar-refractivity contribution in [2.24, 2.45) is 5.73 Å². The number of ether oxygens (including phenoxy) is 1. The molecule has 0 amide bonds. The van der Waals surface area contributed by atoms with E-state index in [1.54, 1.807) is 0 Å². The molecule has 2 N–H and O–H groups in total. The summed E-state index contributed by atoms with van der Waals surface area (Å²) in [5, 5.41) is 0. The third-order valence-electron chi connectivity index (χ3n) is 2.16. The Hall–Kier alpha value is -0.860.